The number of ether oxygens (including phenoxy) is 1. The highest BCUT2D eigenvalue weighted by Gasteiger charge is 2.46. The van der Waals surface area contributed by atoms with Crippen molar-refractivity contribution >= 4 is 5.91 Å². The van der Waals surface area contributed by atoms with E-state index in [2.05, 4.69) is 12.1 Å². The van der Waals surface area contributed by atoms with E-state index in [-0.39, 0.29) is 23.7 Å². The summed E-state index contributed by atoms with van der Waals surface area (Å²) >= 11 is 0. The van der Waals surface area contributed by atoms with Crippen LogP contribution >= 0.6 is 0 Å². The second-order valence-corrected chi connectivity index (χ2v) is 7.59. The van der Waals surface area contributed by atoms with Crippen LogP contribution in [0.4, 0.5) is 4.39 Å². The van der Waals surface area contributed by atoms with Crippen LogP contribution in [0.1, 0.15) is 29.9 Å². The molecule has 0 aliphatic carbocycles. The van der Waals surface area contributed by atoms with Gasteiger partial charge in [0.1, 0.15) is 5.82 Å². The Kier molecular flexibility index (Phi) is 4.98. The Balaban J connectivity index is 1.62. The fraction of sp³-hybridized carbons (Fsp3) is 0.409. The standard InChI is InChI=1S/C22H25FN2O2/c23-18-8-6-17(7-9-18)22(10-12-27-13-11-22)21(26)25-14-19(20(24)15-25)16-4-2-1-3-5-16/h1-9,19-20H,10-15,24H2/t19-,20+/m0/s1. The SMILES string of the molecule is N[C@@H]1CN(C(=O)C2(c3ccc(F)cc3)CCOCC2)C[C@H]1c1ccccc1. The Morgan fingerprint density at radius 1 is 1.04 bits per heavy atom. The van der Waals surface area contributed by atoms with Crippen molar-refractivity contribution in [3.05, 3.63) is 71.5 Å². The van der Waals surface area contributed by atoms with Gasteiger partial charge in [0.05, 0.1) is 5.41 Å². The molecule has 2 N–H and O–H groups in total. The molecule has 0 unspecified atom stereocenters. The third-order valence-electron chi connectivity index (χ3n) is 6.03. The average Bonchev–Trinajstić information content (AvgIpc) is 3.10. The molecule has 4 nitrogen and oxygen atoms in total. The van der Waals surface area contributed by atoms with Crippen LogP contribution in [0.25, 0.3) is 0 Å². The number of amides is 1. The van der Waals surface area contributed by atoms with E-state index >= 15 is 0 Å². The lowest BCUT2D eigenvalue weighted by atomic mass is 9.73. The first kappa shape index (κ1) is 18.1. The average molecular weight is 368 g/mol. The fourth-order valence-electron chi connectivity index (χ4n) is 4.47. The van der Waals surface area contributed by atoms with Crippen molar-refractivity contribution in [2.24, 2.45) is 5.73 Å². The van der Waals surface area contributed by atoms with Gasteiger partial charge in [0.25, 0.3) is 0 Å². The molecule has 0 radical (unpaired) electrons. The van der Waals surface area contributed by atoms with E-state index in [0.717, 1.165) is 5.56 Å². The van der Waals surface area contributed by atoms with Crippen molar-refractivity contribution in [2.45, 2.75) is 30.2 Å². The number of carbonyl (C=O) groups is 1. The van der Waals surface area contributed by atoms with E-state index in [1.807, 2.05) is 23.1 Å². The second-order valence-electron chi connectivity index (χ2n) is 7.59. The molecule has 2 heterocycles. The molecule has 0 saturated carbocycles. The molecule has 4 rings (SSSR count). The maximum atomic E-state index is 13.7. The third kappa shape index (κ3) is 3.37. The van der Waals surface area contributed by atoms with Crippen LogP contribution in [0.5, 0.6) is 0 Å². The molecule has 2 aliphatic rings. The first-order chi connectivity index (χ1) is 13.1. The zero-order valence-corrected chi connectivity index (χ0v) is 15.3. The molecule has 2 aromatic rings. The normalized spacial score (nSPS) is 24.7. The van der Waals surface area contributed by atoms with Gasteiger partial charge in [-0.05, 0) is 36.1 Å². The zero-order chi connectivity index (χ0) is 18.9. The van der Waals surface area contributed by atoms with Gasteiger partial charge in [0, 0.05) is 38.3 Å². The second kappa shape index (κ2) is 7.41. The predicted molar refractivity (Wildman–Crippen MR) is 102 cm³/mol. The Labute approximate surface area is 159 Å². The highest BCUT2D eigenvalue weighted by Crippen LogP contribution is 2.39. The summed E-state index contributed by atoms with van der Waals surface area (Å²) in [6.45, 7) is 2.23. The largest absolute Gasteiger partial charge is 0.381 e. The molecule has 142 valence electrons. The molecule has 2 aromatic carbocycles. The van der Waals surface area contributed by atoms with Gasteiger partial charge < -0.3 is 15.4 Å². The minimum absolute atomic E-state index is 0.0820. The number of benzene rings is 2. The van der Waals surface area contributed by atoms with E-state index in [1.54, 1.807) is 12.1 Å². The lowest BCUT2D eigenvalue weighted by molar-refractivity contribution is -0.140. The number of hydrogen-bond donors (Lipinski definition) is 1. The van der Waals surface area contributed by atoms with Gasteiger partial charge in [-0.15, -0.1) is 0 Å². The zero-order valence-electron chi connectivity index (χ0n) is 15.3. The van der Waals surface area contributed by atoms with Crippen LogP contribution in [0.15, 0.2) is 54.6 Å². The summed E-state index contributed by atoms with van der Waals surface area (Å²) < 4.78 is 19.0. The van der Waals surface area contributed by atoms with Gasteiger partial charge in [-0.1, -0.05) is 42.5 Å². The Hall–Kier alpha value is -2.24. The van der Waals surface area contributed by atoms with Crippen LogP contribution < -0.4 is 5.73 Å². The summed E-state index contributed by atoms with van der Waals surface area (Å²) in [4.78, 5) is 15.6. The van der Waals surface area contributed by atoms with E-state index in [9.17, 15) is 9.18 Å². The smallest absolute Gasteiger partial charge is 0.233 e. The molecule has 0 bridgehead atoms. The molecular formula is C22H25FN2O2. The lowest BCUT2D eigenvalue weighted by Gasteiger charge is -2.39. The summed E-state index contributed by atoms with van der Waals surface area (Å²) in [7, 11) is 0. The number of carbonyl (C=O) groups excluding carboxylic acids is 1. The molecule has 2 fully saturated rings. The van der Waals surface area contributed by atoms with Crippen LogP contribution in [0.2, 0.25) is 0 Å². The Bertz CT molecular complexity index is 788. The van der Waals surface area contributed by atoms with Gasteiger partial charge in [-0.25, -0.2) is 4.39 Å². The predicted octanol–water partition coefficient (Wildman–Crippen LogP) is 2.83. The molecule has 2 saturated heterocycles. The van der Waals surface area contributed by atoms with Crippen molar-refractivity contribution < 1.29 is 13.9 Å². The summed E-state index contributed by atoms with van der Waals surface area (Å²) in [5.74, 6) is -0.0627. The van der Waals surface area contributed by atoms with Crippen LogP contribution in [0, 0.1) is 5.82 Å². The number of nitrogens with zero attached hydrogens (tertiary/aromatic N) is 1. The molecule has 2 aliphatic heterocycles. The van der Waals surface area contributed by atoms with Crippen molar-refractivity contribution in [1.82, 2.24) is 4.90 Å². The van der Waals surface area contributed by atoms with Crippen molar-refractivity contribution in [1.29, 1.82) is 0 Å². The van der Waals surface area contributed by atoms with Crippen LogP contribution in [-0.2, 0) is 14.9 Å². The van der Waals surface area contributed by atoms with Crippen molar-refractivity contribution in [2.75, 3.05) is 26.3 Å². The highest BCUT2D eigenvalue weighted by atomic mass is 19.1. The summed E-state index contributed by atoms with van der Waals surface area (Å²) in [5, 5.41) is 0. The van der Waals surface area contributed by atoms with Crippen LogP contribution in [-0.4, -0.2) is 43.2 Å². The minimum atomic E-state index is -0.656. The monoisotopic (exact) mass is 368 g/mol. The maximum absolute atomic E-state index is 13.7. The van der Waals surface area contributed by atoms with Crippen molar-refractivity contribution in [3.8, 4) is 0 Å². The first-order valence-corrected chi connectivity index (χ1v) is 9.54. The van der Waals surface area contributed by atoms with Gasteiger partial charge in [-0.2, -0.15) is 0 Å². The maximum Gasteiger partial charge on any atom is 0.233 e. The quantitative estimate of drug-likeness (QED) is 0.906. The van der Waals surface area contributed by atoms with E-state index < -0.39 is 5.41 Å². The first-order valence-electron chi connectivity index (χ1n) is 9.54. The van der Waals surface area contributed by atoms with E-state index in [4.69, 9.17) is 10.5 Å². The van der Waals surface area contributed by atoms with Gasteiger partial charge >= 0.3 is 0 Å². The number of nitrogens with two attached hydrogens (primary N) is 1. The summed E-state index contributed by atoms with van der Waals surface area (Å²) in [6.07, 6.45) is 1.22. The molecular weight excluding hydrogens is 343 g/mol. The minimum Gasteiger partial charge on any atom is -0.381 e. The van der Waals surface area contributed by atoms with Crippen LogP contribution in [0.3, 0.4) is 0 Å². The molecule has 0 aromatic heterocycles. The van der Waals surface area contributed by atoms with Gasteiger partial charge in [0.2, 0.25) is 5.91 Å². The highest BCUT2D eigenvalue weighted by molar-refractivity contribution is 5.89. The Morgan fingerprint density at radius 2 is 1.70 bits per heavy atom. The van der Waals surface area contributed by atoms with E-state index in [0.29, 0.717) is 39.1 Å². The molecule has 1 amide bonds. The summed E-state index contributed by atoms with van der Waals surface area (Å²) in [5.41, 5.74) is 7.79. The Morgan fingerprint density at radius 3 is 2.37 bits per heavy atom. The molecule has 5 heteroatoms. The molecule has 2 atom stereocenters. The number of hydrogen-bond acceptors (Lipinski definition) is 3. The van der Waals surface area contributed by atoms with Crippen molar-refractivity contribution in [3.63, 3.8) is 0 Å². The van der Waals surface area contributed by atoms with Gasteiger partial charge in [-0.3, -0.25) is 4.79 Å². The number of likely N-dealkylation sites (tertiary alicyclic amines) is 1. The number of halogens is 1. The number of rotatable bonds is 3. The molecule has 27 heavy (non-hydrogen) atoms. The van der Waals surface area contributed by atoms with Gasteiger partial charge in [0.15, 0.2) is 0 Å². The lowest BCUT2D eigenvalue weighted by Crippen LogP contribution is -2.49. The topological polar surface area (TPSA) is 55.6 Å². The molecule has 0 spiro atoms. The fourth-order valence-corrected chi connectivity index (χ4v) is 4.47. The third-order valence-corrected chi connectivity index (χ3v) is 6.03. The van der Waals surface area contributed by atoms with E-state index in [1.165, 1.54) is 17.7 Å². The summed E-state index contributed by atoms with van der Waals surface area (Å²) in [6, 6.07) is 16.4.